The molecular formula is C14H19NO5. The van der Waals surface area contributed by atoms with Crippen LogP contribution < -0.4 is 5.32 Å². The van der Waals surface area contributed by atoms with Gasteiger partial charge in [0.2, 0.25) is 5.76 Å². The molecule has 1 aliphatic heterocycles. The van der Waals surface area contributed by atoms with Gasteiger partial charge in [0.15, 0.2) is 6.10 Å². The molecule has 110 valence electrons. The summed E-state index contributed by atoms with van der Waals surface area (Å²) >= 11 is 0. The van der Waals surface area contributed by atoms with E-state index in [1.807, 2.05) is 0 Å². The molecule has 1 aromatic rings. The van der Waals surface area contributed by atoms with E-state index in [4.69, 9.17) is 13.9 Å². The lowest BCUT2D eigenvalue weighted by Gasteiger charge is -2.17. The molecule has 0 aromatic carbocycles. The Balaban J connectivity index is 1.80. The topological polar surface area (TPSA) is 77.8 Å². The molecule has 1 fully saturated rings. The fraction of sp³-hybridized carbons (Fsp3) is 0.571. The Hall–Kier alpha value is -1.82. The van der Waals surface area contributed by atoms with Gasteiger partial charge in [-0.25, -0.2) is 4.79 Å². The zero-order valence-electron chi connectivity index (χ0n) is 11.5. The van der Waals surface area contributed by atoms with E-state index in [0.29, 0.717) is 13.0 Å². The van der Waals surface area contributed by atoms with Gasteiger partial charge >= 0.3 is 5.97 Å². The van der Waals surface area contributed by atoms with Gasteiger partial charge in [-0.15, -0.1) is 0 Å². The smallest absolute Gasteiger partial charge is 0.374 e. The van der Waals surface area contributed by atoms with Crippen molar-refractivity contribution in [2.45, 2.75) is 38.4 Å². The maximum Gasteiger partial charge on any atom is 0.374 e. The minimum atomic E-state index is -0.811. The molecule has 20 heavy (non-hydrogen) atoms. The molecule has 2 heterocycles. The maximum absolute atomic E-state index is 12.0. The van der Waals surface area contributed by atoms with Crippen LogP contribution in [0.1, 0.15) is 36.7 Å². The second-order valence-corrected chi connectivity index (χ2v) is 4.66. The molecular weight excluding hydrogens is 262 g/mol. The van der Waals surface area contributed by atoms with E-state index < -0.39 is 12.1 Å². The van der Waals surface area contributed by atoms with Crippen LogP contribution in [0.2, 0.25) is 0 Å². The zero-order valence-corrected chi connectivity index (χ0v) is 11.5. The maximum atomic E-state index is 12.0. The highest BCUT2D eigenvalue weighted by molar-refractivity contribution is 5.90. The van der Waals surface area contributed by atoms with E-state index in [0.717, 1.165) is 19.4 Å². The molecule has 1 saturated heterocycles. The van der Waals surface area contributed by atoms with Crippen molar-refractivity contribution in [1.82, 2.24) is 5.32 Å². The number of esters is 1. The fourth-order valence-electron chi connectivity index (χ4n) is 2.04. The SMILES string of the molecule is CC[C@H](OC(=O)c1ccco1)C(=O)NC[C@@H]1CCCO1. The lowest BCUT2D eigenvalue weighted by molar-refractivity contribution is -0.130. The summed E-state index contributed by atoms with van der Waals surface area (Å²) in [6, 6.07) is 3.09. The molecule has 0 saturated carbocycles. The van der Waals surface area contributed by atoms with Crippen molar-refractivity contribution in [2.75, 3.05) is 13.2 Å². The Bertz CT molecular complexity index is 436. The first-order valence-electron chi connectivity index (χ1n) is 6.84. The average Bonchev–Trinajstić information content (AvgIpc) is 3.13. The Labute approximate surface area is 117 Å². The van der Waals surface area contributed by atoms with Crippen LogP contribution in [0.25, 0.3) is 0 Å². The van der Waals surface area contributed by atoms with Crippen molar-refractivity contribution >= 4 is 11.9 Å². The van der Waals surface area contributed by atoms with Gasteiger partial charge in [0.1, 0.15) is 0 Å². The van der Waals surface area contributed by atoms with Gasteiger partial charge in [0.05, 0.1) is 12.4 Å². The number of rotatable bonds is 6. The number of amides is 1. The summed E-state index contributed by atoms with van der Waals surface area (Å²) in [6.45, 7) is 2.98. The van der Waals surface area contributed by atoms with Crippen molar-refractivity contribution in [3.8, 4) is 0 Å². The molecule has 0 radical (unpaired) electrons. The number of furan rings is 1. The minimum absolute atomic E-state index is 0.0669. The molecule has 0 aliphatic carbocycles. The van der Waals surface area contributed by atoms with Crippen LogP contribution in [-0.2, 0) is 14.3 Å². The summed E-state index contributed by atoms with van der Waals surface area (Å²) in [4.78, 5) is 23.7. The van der Waals surface area contributed by atoms with Gasteiger partial charge in [-0.3, -0.25) is 4.79 Å². The summed E-state index contributed by atoms with van der Waals surface area (Å²) < 4.78 is 15.5. The molecule has 1 amide bonds. The standard InChI is InChI=1S/C14H19NO5/c1-2-11(20-14(17)12-6-4-8-19-12)13(16)15-9-10-5-3-7-18-10/h4,6,8,10-11H,2-3,5,7,9H2,1H3,(H,15,16)/t10-,11-/m0/s1. The van der Waals surface area contributed by atoms with Crippen molar-refractivity contribution in [2.24, 2.45) is 0 Å². The van der Waals surface area contributed by atoms with Crippen molar-refractivity contribution in [3.05, 3.63) is 24.2 Å². The van der Waals surface area contributed by atoms with Crippen LogP contribution in [-0.4, -0.2) is 37.2 Å². The highest BCUT2D eigenvalue weighted by Gasteiger charge is 2.24. The van der Waals surface area contributed by atoms with Gasteiger partial charge in [-0.2, -0.15) is 0 Å². The first kappa shape index (κ1) is 14.6. The van der Waals surface area contributed by atoms with E-state index in [2.05, 4.69) is 5.32 Å². The van der Waals surface area contributed by atoms with Crippen LogP contribution in [0, 0.1) is 0 Å². The summed E-state index contributed by atoms with van der Waals surface area (Å²) in [5, 5.41) is 2.75. The van der Waals surface area contributed by atoms with E-state index in [9.17, 15) is 9.59 Å². The molecule has 0 spiro atoms. The van der Waals surface area contributed by atoms with E-state index in [1.165, 1.54) is 12.3 Å². The number of hydrogen-bond acceptors (Lipinski definition) is 5. The van der Waals surface area contributed by atoms with E-state index >= 15 is 0 Å². The lowest BCUT2D eigenvalue weighted by atomic mass is 10.2. The largest absolute Gasteiger partial charge is 0.457 e. The fourth-order valence-corrected chi connectivity index (χ4v) is 2.04. The van der Waals surface area contributed by atoms with Gasteiger partial charge in [0.25, 0.3) is 5.91 Å². The molecule has 1 aliphatic rings. The zero-order chi connectivity index (χ0) is 14.4. The quantitative estimate of drug-likeness (QED) is 0.800. The molecule has 6 nitrogen and oxygen atoms in total. The summed E-state index contributed by atoms with van der Waals surface area (Å²) in [5.74, 6) is -0.840. The minimum Gasteiger partial charge on any atom is -0.457 e. The van der Waals surface area contributed by atoms with E-state index in [-0.39, 0.29) is 17.8 Å². The molecule has 0 unspecified atom stereocenters. The van der Waals surface area contributed by atoms with Crippen molar-refractivity contribution in [3.63, 3.8) is 0 Å². The Morgan fingerprint density at radius 1 is 1.55 bits per heavy atom. The Kier molecular flexibility index (Phi) is 5.17. The summed E-state index contributed by atoms with van der Waals surface area (Å²) in [6.07, 6.45) is 3.01. The highest BCUT2D eigenvalue weighted by atomic mass is 16.6. The molecule has 2 rings (SSSR count). The van der Waals surface area contributed by atoms with E-state index in [1.54, 1.807) is 13.0 Å². The third kappa shape index (κ3) is 3.84. The number of hydrogen-bond donors (Lipinski definition) is 1. The molecule has 1 aromatic heterocycles. The Morgan fingerprint density at radius 3 is 3.00 bits per heavy atom. The monoisotopic (exact) mass is 281 g/mol. The predicted octanol–water partition coefficient (Wildman–Crippen LogP) is 1.51. The predicted molar refractivity (Wildman–Crippen MR) is 70.2 cm³/mol. The molecule has 2 atom stereocenters. The van der Waals surface area contributed by atoms with Gasteiger partial charge in [0, 0.05) is 13.2 Å². The normalized spacial score (nSPS) is 19.6. The number of carbonyl (C=O) groups excluding carboxylic acids is 2. The second-order valence-electron chi connectivity index (χ2n) is 4.66. The average molecular weight is 281 g/mol. The van der Waals surface area contributed by atoms with Crippen molar-refractivity contribution in [1.29, 1.82) is 0 Å². The lowest BCUT2D eigenvalue weighted by Crippen LogP contribution is -2.40. The summed E-state index contributed by atoms with van der Waals surface area (Å²) in [7, 11) is 0. The van der Waals surface area contributed by atoms with Gasteiger partial charge < -0.3 is 19.2 Å². The van der Waals surface area contributed by atoms with Crippen LogP contribution >= 0.6 is 0 Å². The highest BCUT2D eigenvalue weighted by Crippen LogP contribution is 2.11. The van der Waals surface area contributed by atoms with Crippen LogP contribution in [0.5, 0.6) is 0 Å². The van der Waals surface area contributed by atoms with Crippen molar-refractivity contribution < 1.29 is 23.5 Å². The van der Waals surface area contributed by atoms with Crippen LogP contribution in [0.15, 0.2) is 22.8 Å². The molecule has 6 heteroatoms. The number of carbonyl (C=O) groups is 2. The number of ether oxygens (including phenoxy) is 2. The van der Waals surface area contributed by atoms with Crippen LogP contribution in [0.3, 0.4) is 0 Å². The van der Waals surface area contributed by atoms with Crippen LogP contribution in [0.4, 0.5) is 0 Å². The summed E-state index contributed by atoms with van der Waals surface area (Å²) in [5.41, 5.74) is 0. The molecule has 1 N–H and O–H groups in total. The molecule has 0 bridgehead atoms. The van der Waals surface area contributed by atoms with Gasteiger partial charge in [-0.1, -0.05) is 6.92 Å². The second kappa shape index (κ2) is 7.09. The third-order valence-electron chi connectivity index (χ3n) is 3.16. The number of nitrogens with one attached hydrogen (secondary N) is 1. The third-order valence-corrected chi connectivity index (χ3v) is 3.16. The Morgan fingerprint density at radius 2 is 2.40 bits per heavy atom. The first-order valence-corrected chi connectivity index (χ1v) is 6.84. The van der Waals surface area contributed by atoms with Gasteiger partial charge in [-0.05, 0) is 31.4 Å². The first-order chi connectivity index (χ1) is 9.70.